The molecule has 0 spiro atoms. The summed E-state index contributed by atoms with van der Waals surface area (Å²) in [5, 5.41) is 3.87. The van der Waals surface area contributed by atoms with E-state index in [2.05, 4.69) is 26.1 Å². The van der Waals surface area contributed by atoms with E-state index in [0.29, 0.717) is 11.6 Å². The third-order valence-corrected chi connectivity index (χ3v) is 4.68. The van der Waals surface area contributed by atoms with Crippen molar-refractivity contribution in [1.82, 2.24) is 10.2 Å². The SMILES string of the molecule is CCOC(=O)C(C)(c1ccc(Br)cc1Cl)N1CCNCC1. The van der Waals surface area contributed by atoms with E-state index in [4.69, 9.17) is 16.3 Å². The van der Waals surface area contributed by atoms with Gasteiger partial charge in [0.1, 0.15) is 5.54 Å². The molecule has 116 valence electrons. The number of nitrogens with zero attached hydrogens (tertiary/aromatic N) is 1. The van der Waals surface area contributed by atoms with Crippen molar-refractivity contribution in [2.75, 3.05) is 32.8 Å². The Bertz CT molecular complexity index is 520. The molecule has 6 heteroatoms. The van der Waals surface area contributed by atoms with Gasteiger partial charge in [0.15, 0.2) is 0 Å². The number of ether oxygens (including phenoxy) is 1. The number of esters is 1. The Hall–Kier alpha value is -0.620. The van der Waals surface area contributed by atoms with Crippen molar-refractivity contribution in [3.63, 3.8) is 0 Å². The molecule has 1 heterocycles. The quantitative estimate of drug-likeness (QED) is 0.822. The van der Waals surface area contributed by atoms with E-state index in [0.717, 1.165) is 36.2 Å². The number of halogens is 2. The molecule has 0 bridgehead atoms. The van der Waals surface area contributed by atoms with Crippen LogP contribution in [0, 0.1) is 0 Å². The van der Waals surface area contributed by atoms with Gasteiger partial charge < -0.3 is 10.1 Å². The molecule has 1 aromatic carbocycles. The van der Waals surface area contributed by atoms with Crippen molar-refractivity contribution in [3.05, 3.63) is 33.3 Å². The molecule has 1 unspecified atom stereocenters. The van der Waals surface area contributed by atoms with Crippen LogP contribution in [-0.2, 0) is 15.1 Å². The number of rotatable bonds is 4. The van der Waals surface area contributed by atoms with Crippen molar-refractivity contribution in [3.8, 4) is 0 Å². The highest BCUT2D eigenvalue weighted by molar-refractivity contribution is 9.10. The molecule has 1 fully saturated rings. The first kappa shape index (κ1) is 16.7. The predicted molar refractivity (Wildman–Crippen MR) is 87.6 cm³/mol. The third-order valence-electron chi connectivity index (χ3n) is 3.88. The first-order valence-corrected chi connectivity index (χ1v) is 8.25. The van der Waals surface area contributed by atoms with Crippen LogP contribution in [0.4, 0.5) is 0 Å². The van der Waals surface area contributed by atoms with Crippen molar-refractivity contribution in [1.29, 1.82) is 0 Å². The van der Waals surface area contributed by atoms with E-state index >= 15 is 0 Å². The Morgan fingerprint density at radius 3 is 2.71 bits per heavy atom. The largest absolute Gasteiger partial charge is 0.464 e. The third kappa shape index (κ3) is 3.42. The van der Waals surface area contributed by atoms with E-state index < -0.39 is 5.54 Å². The Labute approximate surface area is 138 Å². The molecule has 1 saturated heterocycles. The predicted octanol–water partition coefficient (Wildman–Crippen LogP) is 2.79. The normalized spacial score (nSPS) is 19.0. The zero-order valence-corrected chi connectivity index (χ0v) is 14.6. The van der Waals surface area contributed by atoms with E-state index in [-0.39, 0.29) is 5.97 Å². The molecular formula is C15H20BrClN2O2. The van der Waals surface area contributed by atoms with Gasteiger partial charge in [-0.15, -0.1) is 0 Å². The maximum Gasteiger partial charge on any atom is 0.330 e. The van der Waals surface area contributed by atoms with Crippen molar-refractivity contribution >= 4 is 33.5 Å². The fourth-order valence-electron chi connectivity index (χ4n) is 2.68. The van der Waals surface area contributed by atoms with Gasteiger partial charge in [-0.3, -0.25) is 4.90 Å². The van der Waals surface area contributed by atoms with Crippen LogP contribution in [0.15, 0.2) is 22.7 Å². The summed E-state index contributed by atoms with van der Waals surface area (Å²) in [5.74, 6) is -0.254. The van der Waals surface area contributed by atoms with E-state index in [1.807, 2.05) is 32.0 Å². The minimum atomic E-state index is -0.865. The Balaban J connectivity index is 2.45. The minimum absolute atomic E-state index is 0.254. The van der Waals surface area contributed by atoms with Gasteiger partial charge in [0.05, 0.1) is 6.61 Å². The summed E-state index contributed by atoms with van der Waals surface area (Å²) in [5.41, 5.74) is -0.0803. The smallest absolute Gasteiger partial charge is 0.330 e. The first-order chi connectivity index (χ1) is 10.00. The molecule has 4 nitrogen and oxygen atoms in total. The van der Waals surface area contributed by atoms with Crippen LogP contribution < -0.4 is 5.32 Å². The van der Waals surface area contributed by atoms with E-state index in [9.17, 15) is 4.79 Å². The van der Waals surface area contributed by atoms with E-state index in [1.165, 1.54) is 0 Å². The van der Waals surface area contributed by atoms with Gasteiger partial charge in [-0.2, -0.15) is 0 Å². The second kappa shape index (κ2) is 7.09. The molecule has 21 heavy (non-hydrogen) atoms. The fourth-order valence-corrected chi connectivity index (χ4v) is 3.53. The molecule has 0 aromatic heterocycles. The molecule has 1 atom stereocenters. The Morgan fingerprint density at radius 1 is 1.48 bits per heavy atom. The molecule has 2 rings (SSSR count). The molecule has 0 radical (unpaired) electrons. The lowest BCUT2D eigenvalue weighted by atomic mass is 9.89. The highest BCUT2D eigenvalue weighted by atomic mass is 79.9. The van der Waals surface area contributed by atoms with Crippen molar-refractivity contribution in [2.24, 2.45) is 0 Å². The van der Waals surface area contributed by atoms with Gasteiger partial charge in [0.2, 0.25) is 0 Å². The summed E-state index contributed by atoms with van der Waals surface area (Å²) in [4.78, 5) is 14.8. The van der Waals surface area contributed by atoms with Gasteiger partial charge in [-0.25, -0.2) is 4.79 Å². The second-order valence-electron chi connectivity index (χ2n) is 5.15. The number of carbonyl (C=O) groups excluding carboxylic acids is 1. The zero-order chi connectivity index (χ0) is 15.5. The van der Waals surface area contributed by atoms with Gasteiger partial charge in [-0.1, -0.05) is 33.6 Å². The molecule has 1 aliphatic rings. The van der Waals surface area contributed by atoms with Crippen LogP contribution in [0.5, 0.6) is 0 Å². The average molecular weight is 376 g/mol. The van der Waals surface area contributed by atoms with Crippen LogP contribution in [0.2, 0.25) is 5.02 Å². The maximum absolute atomic E-state index is 12.6. The van der Waals surface area contributed by atoms with Crippen molar-refractivity contribution in [2.45, 2.75) is 19.4 Å². The molecule has 0 saturated carbocycles. The zero-order valence-electron chi connectivity index (χ0n) is 12.3. The highest BCUT2D eigenvalue weighted by Crippen LogP contribution is 2.36. The topological polar surface area (TPSA) is 41.6 Å². The summed E-state index contributed by atoms with van der Waals surface area (Å²) in [6, 6.07) is 5.61. The second-order valence-corrected chi connectivity index (χ2v) is 6.48. The summed E-state index contributed by atoms with van der Waals surface area (Å²) in [7, 11) is 0. The molecule has 1 aromatic rings. The number of nitrogens with one attached hydrogen (secondary N) is 1. The average Bonchev–Trinajstić information content (AvgIpc) is 2.47. The van der Waals surface area contributed by atoms with Crippen LogP contribution in [0.1, 0.15) is 19.4 Å². The van der Waals surface area contributed by atoms with Crippen LogP contribution in [0.25, 0.3) is 0 Å². The molecule has 0 amide bonds. The summed E-state index contributed by atoms with van der Waals surface area (Å²) >= 11 is 9.80. The maximum atomic E-state index is 12.6. The minimum Gasteiger partial charge on any atom is -0.464 e. The standard InChI is InChI=1S/C15H20BrClN2O2/c1-3-21-14(20)15(2,19-8-6-18-7-9-19)12-5-4-11(16)10-13(12)17/h4-5,10,18H,3,6-9H2,1-2H3. The number of hydrogen-bond donors (Lipinski definition) is 1. The van der Waals surface area contributed by atoms with Gasteiger partial charge in [0.25, 0.3) is 0 Å². The van der Waals surface area contributed by atoms with Crippen LogP contribution >= 0.6 is 27.5 Å². The first-order valence-electron chi connectivity index (χ1n) is 7.08. The Morgan fingerprint density at radius 2 is 2.14 bits per heavy atom. The van der Waals surface area contributed by atoms with Crippen LogP contribution in [-0.4, -0.2) is 43.7 Å². The fraction of sp³-hybridized carbons (Fsp3) is 0.533. The number of benzene rings is 1. The molecule has 1 N–H and O–H groups in total. The summed E-state index contributed by atoms with van der Waals surface area (Å²) < 4.78 is 6.22. The molecular weight excluding hydrogens is 356 g/mol. The Kier molecular flexibility index (Phi) is 5.66. The molecule has 0 aliphatic carbocycles. The number of piperazine rings is 1. The van der Waals surface area contributed by atoms with Gasteiger partial charge in [-0.05, 0) is 26.0 Å². The number of carbonyl (C=O) groups is 1. The van der Waals surface area contributed by atoms with Gasteiger partial charge >= 0.3 is 5.97 Å². The lowest BCUT2D eigenvalue weighted by Gasteiger charge is -2.42. The van der Waals surface area contributed by atoms with Gasteiger partial charge in [0, 0.05) is 41.2 Å². The van der Waals surface area contributed by atoms with Crippen molar-refractivity contribution < 1.29 is 9.53 Å². The summed E-state index contributed by atoms with van der Waals surface area (Å²) in [6.07, 6.45) is 0. The lowest BCUT2D eigenvalue weighted by Crippen LogP contribution is -2.57. The lowest BCUT2D eigenvalue weighted by molar-refractivity contribution is -0.158. The highest BCUT2D eigenvalue weighted by Gasteiger charge is 2.44. The van der Waals surface area contributed by atoms with Crippen LogP contribution in [0.3, 0.4) is 0 Å². The number of hydrogen-bond acceptors (Lipinski definition) is 4. The monoisotopic (exact) mass is 374 g/mol. The molecule has 1 aliphatic heterocycles. The summed E-state index contributed by atoms with van der Waals surface area (Å²) in [6.45, 7) is 7.33. The van der Waals surface area contributed by atoms with E-state index in [1.54, 1.807) is 0 Å².